The number of amides is 2. The van der Waals surface area contributed by atoms with Crippen LogP contribution in [0, 0.1) is 20.8 Å². The van der Waals surface area contributed by atoms with Crippen molar-refractivity contribution >= 4 is 17.5 Å². The molecule has 0 saturated heterocycles. The number of anilines is 1. The zero-order chi connectivity index (χ0) is 18.7. The Morgan fingerprint density at radius 3 is 2.28 bits per heavy atom. The predicted molar refractivity (Wildman–Crippen MR) is 98.8 cm³/mol. The van der Waals surface area contributed by atoms with Crippen molar-refractivity contribution in [3.8, 4) is 0 Å². The van der Waals surface area contributed by atoms with Crippen molar-refractivity contribution in [3.63, 3.8) is 0 Å². The van der Waals surface area contributed by atoms with E-state index in [0.717, 1.165) is 17.0 Å². The molecule has 0 fully saturated rings. The van der Waals surface area contributed by atoms with Crippen molar-refractivity contribution < 1.29 is 9.59 Å². The van der Waals surface area contributed by atoms with Crippen LogP contribution in [0.4, 0.5) is 5.69 Å². The Morgan fingerprint density at radius 1 is 1.08 bits per heavy atom. The summed E-state index contributed by atoms with van der Waals surface area (Å²) in [4.78, 5) is 24.6. The summed E-state index contributed by atoms with van der Waals surface area (Å²) in [6, 6.07) is 6.88. The van der Waals surface area contributed by atoms with E-state index in [-0.39, 0.29) is 17.9 Å². The first-order valence-electron chi connectivity index (χ1n) is 8.44. The third kappa shape index (κ3) is 4.47. The van der Waals surface area contributed by atoms with Crippen LogP contribution in [0.2, 0.25) is 0 Å². The average molecular weight is 342 g/mol. The molecule has 6 heteroatoms. The second-order valence-electron chi connectivity index (χ2n) is 6.69. The van der Waals surface area contributed by atoms with Gasteiger partial charge in [-0.2, -0.15) is 5.10 Å². The Kier molecular flexibility index (Phi) is 5.62. The van der Waals surface area contributed by atoms with Gasteiger partial charge in [0.15, 0.2) is 0 Å². The molecule has 0 aliphatic heterocycles. The highest BCUT2D eigenvalue weighted by Crippen LogP contribution is 2.18. The van der Waals surface area contributed by atoms with E-state index in [4.69, 9.17) is 0 Å². The molecule has 25 heavy (non-hydrogen) atoms. The summed E-state index contributed by atoms with van der Waals surface area (Å²) in [5.74, 6) is -0.258. The number of nitrogens with zero attached hydrogens (tertiary/aromatic N) is 2. The maximum atomic E-state index is 12.5. The summed E-state index contributed by atoms with van der Waals surface area (Å²) >= 11 is 0. The first kappa shape index (κ1) is 18.7. The lowest BCUT2D eigenvalue weighted by Crippen LogP contribution is -2.30. The summed E-state index contributed by atoms with van der Waals surface area (Å²) in [5, 5.41) is 10.1. The van der Waals surface area contributed by atoms with E-state index in [9.17, 15) is 9.59 Å². The van der Waals surface area contributed by atoms with Crippen LogP contribution in [0.3, 0.4) is 0 Å². The van der Waals surface area contributed by atoms with Gasteiger partial charge in [-0.25, -0.2) is 0 Å². The van der Waals surface area contributed by atoms with Crippen LogP contribution in [0.25, 0.3) is 0 Å². The van der Waals surface area contributed by atoms with Gasteiger partial charge in [-0.15, -0.1) is 0 Å². The lowest BCUT2D eigenvalue weighted by molar-refractivity contribution is -0.119. The number of rotatable bonds is 5. The van der Waals surface area contributed by atoms with E-state index < -0.39 is 6.04 Å². The van der Waals surface area contributed by atoms with Gasteiger partial charge in [-0.3, -0.25) is 14.3 Å². The van der Waals surface area contributed by atoms with Gasteiger partial charge in [-0.05, 0) is 71.4 Å². The van der Waals surface area contributed by atoms with Crippen LogP contribution >= 0.6 is 0 Å². The van der Waals surface area contributed by atoms with Crippen LogP contribution < -0.4 is 10.6 Å². The van der Waals surface area contributed by atoms with E-state index >= 15 is 0 Å². The standard InChI is InChI=1S/C19H26N4O2/c1-11(2)20-19(25)17-8-7-16(9-12(17)3)21-18(24)15(6)23-14(5)10-13(4)22-23/h7-11,15H,1-6H3,(H,20,25)(H,21,24). The number of carbonyl (C=O) groups excluding carboxylic acids is 2. The summed E-state index contributed by atoms with van der Waals surface area (Å²) in [5.41, 5.74) is 3.91. The zero-order valence-electron chi connectivity index (χ0n) is 15.7. The van der Waals surface area contributed by atoms with E-state index in [1.807, 2.05) is 47.6 Å². The summed E-state index contributed by atoms with van der Waals surface area (Å²) in [6.45, 7) is 11.3. The van der Waals surface area contributed by atoms with Crippen molar-refractivity contribution in [3.05, 3.63) is 46.8 Å². The Morgan fingerprint density at radius 2 is 1.76 bits per heavy atom. The van der Waals surface area contributed by atoms with Gasteiger partial charge >= 0.3 is 0 Å². The fraction of sp³-hybridized carbons (Fsp3) is 0.421. The number of aromatic nitrogens is 2. The van der Waals surface area contributed by atoms with Crippen LogP contribution in [0.1, 0.15) is 54.1 Å². The lowest BCUT2D eigenvalue weighted by Gasteiger charge is -2.16. The van der Waals surface area contributed by atoms with Crippen LogP contribution in [0.15, 0.2) is 24.3 Å². The zero-order valence-corrected chi connectivity index (χ0v) is 15.7. The van der Waals surface area contributed by atoms with Gasteiger partial charge in [0.05, 0.1) is 5.69 Å². The number of aryl methyl sites for hydroxylation is 3. The first-order chi connectivity index (χ1) is 11.7. The maximum Gasteiger partial charge on any atom is 0.251 e. The molecule has 6 nitrogen and oxygen atoms in total. The molecule has 0 aliphatic rings. The minimum Gasteiger partial charge on any atom is -0.350 e. The van der Waals surface area contributed by atoms with Gasteiger partial charge in [0.2, 0.25) is 5.91 Å². The quantitative estimate of drug-likeness (QED) is 0.876. The molecule has 1 unspecified atom stereocenters. The van der Waals surface area contributed by atoms with Crippen molar-refractivity contribution in [1.82, 2.24) is 15.1 Å². The van der Waals surface area contributed by atoms with Crippen molar-refractivity contribution in [1.29, 1.82) is 0 Å². The van der Waals surface area contributed by atoms with Gasteiger partial charge in [0.25, 0.3) is 5.91 Å². The minimum atomic E-state index is -0.419. The van der Waals surface area contributed by atoms with E-state index in [0.29, 0.717) is 11.3 Å². The fourth-order valence-corrected chi connectivity index (χ4v) is 2.73. The van der Waals surface area contributed by atoms with Crippen molar-refractivity contribution in [2.75, 3.05) is 5.32 Å². The van der Waals surface area contributed by atoms with E-state index in [1.165, 1.54) is 0 Å². The van der Waals surface area contributed by atoms with Gasteiger partial charge in [0, 0.05) is 23.0 Å². The van der Waals surface area contributed by atoms with Crippen molar-refractivity contribution in [2.24, 2.45) is 0 Å². The molecule has 0 saturated carbocycles. The molecule has 134 valence electrons. The topological polar surface area (TPSA) is 76.0 Å². The number of benzene rings is 1. The molecule has 2 aromatic rings. The third-order valence-electron chi connectivity index (χ3n) is 3.95. The smallest absolute Gasteiger partial charge is 0.251 e. The second kappa shape index (κ2) is 7.51. The van der Waals surface area contributed by atoms with E-state index in [2.05, 4.69) is 15.7 Å². The molecule has 1 aromatic carbocycles. The SMILES string of the molecule is Cc1cc(C)n(C(C)C(=O)Nc2ccc(C(=O)NC(C)C)c(C)c2)n1. The Hall–Kier alpha value is -2.63. The summed E-state index contributed by atoms with van der Waals surface area (Å²) < 4.78 is 1.71. The molecule has 2 rings (SSSR count). The number of carbonyl (C=O) groups is 2. The third-order valence-corrected chi connectivity index (χ3v) is 3.95. The van der Waals surface area contributed by atoms with Gasteiger partial charge in [-0.1, -0.05) is 0 Å². The van der Waals surface area contributed by atoms with Crippen LogP contribution in [-0.4, -0.2) is 27.6 Å². The van der Waals surface area contributed by atoms with E-state index in [1.54, 1.807) is 22.9 Å². The average Bonchev–Trinajstić information content (AvgIpc) is 2.84. The summed E-state index contributed by atoms with van der Waals surface area (Å²) in [7, 11) is 0. The molecular formula is C19H26N4O2. The number of nitrogens with one attached hydrogen (secondary N) is 2. The van der Waals surface area contributed by atoms with Crippen molar-refractivity contribution in [2.45, 2.75) is 53.6 Å². The Labute approximate surface area is 148 Å². The molecule has 2 amide bonds. The summed E-state index contributed by atoms with van der Waals surface area (Å²) in [6.07, 6.45) is 0. The largest absolute Gasteiger partial charge is 0.350 e. The highest BCUT2D eigenvalue weighted by molar-refractivity contribution is 5.98. The number of hydrogen-bond acceptors (Lipinski definition) is 3. The molecule has 2 N–H and O–H groups in total. The first-order valence-corrected chi connectivity index (χ1v) is 8.44. The molecule has 1 heterocycles. The minimum absolute atomic E-state index is 0.0768. The monoisotopic (exact) mass is 342 g/mol. The number of hydrogen-bond donors (Lipinski definition) is 2. The molecule has 1 atom stereocenters. The Balaban J connectivity index is 2.12. The maximum absolute atomic E-state index is 12.5. The second-order valence-corrected chi connectivity index (χ2v) is 6.69. The normalized spacial score (nSPS) is 12.1. The Bertz CT molecular complexity index is 793. The molecule has 1 aromatic heterocycles. The van der Waals surface area contributed by atoms with Gasteiger partial charge < -0.3 is 10.6 Å². The lowest BCUT2D eigenvalue weighted by atomic mass is 10.1. The van der Waals surface area contributed by atoms with Crippen LogP contribution in [0.5, 0.6) is 0 Å². The highest BCUT2D eigenvalue weighted by Gasteiger charge is 2.18. The van der Waals surface area contributed by atoms with Crippen LogP contribution in [-0.2, 0) is 4.79 Å². The fourth-order valence-electron chi connectivity index (χ4n) is 2.73. The molecule has 0 bridgehead atoms. The highest BCUT2D eigenvalue weighted by atomic mass is 16.2. The molecule has 0 spiro atoms. The van der Waals surface area contributed by atoms with Gasteiger partial charge in [0.1, 0.15) is 6.04 Å². The predicted octanol–water partition coefficient (Wildman–Crippen LogP) is 3.15. The molecule has 0 radical (unpaired) electrons. The molecule has 0 aliphatic carbocycles. The molecular weight excluding hydrogens is 316 g/mol.